The maximum Gasteiger partial charge on any atom is 0.331 e. The maximum atomic E-state index is 11.7. The van der Waals surface area contributed by atoms with E-state index in [0.29, 0.717) is 24.4 Å². The van der Waals surface area contributed by atoms with Crippen molar-refractivity contribution in [1.82, 2.24) is 9.55 Å². The number of hydrogen-bond acceptors (Lipinski definition) is 3. The van der Waals surface area contributed by atoms with Gasteiger partial charge in [-0.2, -0.15) is 0 Å². The Balaban J connectivity index is 3.23. The van der Waals surface area contributed by atoms with Gasteiger partial charge in [0.25, 0.3) is 5.56 Å². The second kappa shape index (κ2) is 6.42. The van der Waals surface area contributed by atoms with E-state index in [4.69, 9.17) is 0 Å². The van der Waals surface area contributed by atoms with Crippen molar-refractivity contribution in [3.8, 4) is 5.88 Å². The van der Waals surface area contributed by atoms with Crippen molar-refractivity contribution in [3.63, 3.8) is 0 Å². The van der Waals surface area contributed by atoms with Crippen LogP contribution in [0.4, 0.5) is 0 Å². The van der Waals surface area contributed by atoms with Gasteiger partial charge in [0.2, 0.25) is 5.88 Å². The van der Waals surface area contributed by atoms with Crippen LogP contribution >= 0.6 is 0 Å². The lowest BCUT2D eigenvalue weighted by molar-refractivity contribution is 0.342. The third-order valence-corrected chi connectivity index (χ3v) is 3.36. The van der Waals surface area contributed by atoms with Crippen molar-refractivity contribution in [2.45, 2.75) is 53.0 Å². The molecule has 1 rings (SSSR count). The Morgan fingerprint density at radius 2 is 1.83 bits per heavy atom. The summed E-state index contributed by atoms with van der Waals surface area (Å²) in [4.78, 5) is 25.6. The molecule has 5 nitrogen and oxygen atoms in total. The Bertz CT molecular complexity index is 498. The van der Waals surface area contributed by atoms with Crippen LogP contribution in [0.15, 0.2) is 9.59 Å². The number of aromatic amines is 1. The predicted molar refractivity (Wildman–Crippen MR) is 71.1 cm³/mol. The molecule has 102 valence electrons. The van der Waals surface area contributed by atoms with Crippen LogP contribution in [-0.2, 0) is 13.0 Å². The lowest BCUT2D eigenvalue weighted by Gasteiger charge is -2.16. The van der Waals surface area contributed by atoms with Crippen molar-refractivity contribution in [1.29, 1.82) is 0 Å². The monoisotopic (exact) mass is 254 g/mol. The molecule has 0 radical (unpaired) electrons. The van der Waals surface area contributed by atoms with Gasteiger partial charge in [0.15, 0.2) is 0 Å². The highest BCUT2D eigenvalue weighted by Crippen LogP contribution is 2.16. The first kappa shape index (κ1) is 14.5. The van der Waals surface area contributed by atoms with Gasteiger partial charge in [-0.25, -0.2) is 4.79 Å². The van der Waals surface area contributed by atoms with E-state index in [1.807, 2.05) is 6.92 Å². The third-order valence-electron chi connectivity index (χ3n) is 3.36. The minimum Gasteiger partial charge on any atom is -0.494 e. The SMILES string of the molecule is CCCc1c(O)n(CC(CC)CC)c(=O)[nH]c1=O. The standard InChI is InChI=1S/C13H22N2O3/c1-4-7-10-11(16)14-13(18)15(12(10)17)8-9(5-2)6-3/h9,17H,4-8H2,1-3H3,(H,14,16,18). The van der Waals surface area contributed by atoms with Crippen LogP contribution in [0.3, 0.4) is 0 Å². The zero-order valence-corrected chi connectivity index (χ0v) is 11.3. The molecule has 1 aromatic heterocycles. The summed E-state index contributed by atoms with van der Waals surface area (Å²) in [6.07, 6.45) is 3.10. The highest BCUT2D eigenvalue weighted by atomic mass is 16.3. The van der Waals surface area contributed by atoms with Crippen LogP contribution in [0.5, 0.6) is 5.88 Å². The molecule has 0 saturated carbocycles. The Labute approximate surface area is 106 Å². The van der Waals surface area contributed by atoms with Gasteiger partial charge in [-0.3, -0.25) is 14.3 Å². The van der Waals surface area contributed by atoms with E-state index >= 15 is 0 Å². The van der Waals surface area contributed by atoms with Gasteiger partial charge in [0.1, 0.15) is 0 Å². The molecule has 0 bridgehead atoms. The van der Waals surface area contributed by atoms with Crippen LogP contribution in [0.1, 0.15) is 45.6 Å². The minimum atomic E-state index is -0.524. The number of hydrogen-bond donors (Lipinski definition) is 2. The van der Waals surface area contributed by atoms with Gasteiger partial charge in [-0.05, 0) is 12.3 Å². The first-order valence-electron chi connectivity index (χ1n) is 6.59. The zero-order chi connectivity index (χ0) is 13.7. The minimum absolute atomic E-state index is 0.169. The number of H-pyrrole nitrogens is 1. The highest BCUT2D eigenvalue weighted by Gasteiger charge is 2.15. The molecule has 0 amide bonds. The summed E-state index contributed by atoms with van der Waals surface area (Å²) < 4.78 is 1.28. The van der Waals surface area contributed by atoms with Crippen LogP contribution in [-0.4, -0.2) is 14.7 Å². The number of aromatic hydroxyl groups is 1. The predicted octanol–water partition coefficient (Wildman–Crippen LogP) is 1.63. The number of aromatic nitrogens is 2. The first-order chi connectivity index (χ1) is 8.54. The summed E-state index contributed by atoms with van der Waals surface area (Å²) in [5.74, 6) is 0.159. The summed E-state index contributed by atoms with van der Waals surface area (Å²) in [5, 5.41) is 10.1. The number of nitrogens with one attached hydrogen (secondary N) is 1. The molecule has 0 aliphatic carbocycles. The molecule has 0 aliphatic heterocycles. The van der Waals surface area contributed by atoms with Crippen LogP contribution < -0.4 is 11.2 Å². The highest BCUT2D eigenvalue weighted by molar-refractivity contribution is 5.22. The lowest BCUT2D eigenvalue weighted by Crippen LogP contribution is -2.33. The quantitative estimate of drug-likeness (QED) is 0.810. The largest absolute Gasteiger partial charge is 0.494 e. The topological polar surface area (TPSA) is 75.1 Å². The molecular formula is C13H22N2O3. The second-order valence-corrected chi connectivity index (χ2v) is 4.60. The van der Waals surface area contributed by atoms with Gasteiger partial charge in [-0.1, -0.05) is 40.0 Å². The van der Waals surface area contributed by atoms with E-state index in [2.05, 4.69) is 18.8 Å². The van der Waals surface area contributed by atoms with E-state index in [-0.39, 0.29) is 5.88 Å². The molecule has 1 heterocycles. The van der Waals surface area contributed by atoms with E-state index in [1.54, 1.807) is 0 Å². The first-order valence-corrected chi connectivity index (χ1v) is 6.59. The number of rotatable bonds is 6. The summed E-state index contributed by atoms with van der Waals surface area (Å²) in [7, 11) is 0. The second-order valence-electron chi connectivity index (χ2n) is 4.60. The van der Waals surface area contributed by atoms with E-state index in [0.717, 1.165) is 19.3 Å². The Morgan fingerprint density at radius 1 is 1.22 bits per heavy atom. The molecule has 18 heavy (non-hydrogen) atoms. The summed E-state index contributed by atoms with van der Waals surface area (Å²) in [5.41, 5.74) is -0.688. The summed E-state index contributed by atoms with van der Waals surface area (Å²) >= 11 is 0. The molecule has 0 fully saturated rings. The fourth-order valence-corrected chi connectivity index (χ4v) is 2.05. The molecule has 0 aliphatic rings. The summed E-state index contributed by atoms with van der Waals surface area (Å²) in [6, 6.07) is 0. The molecule has 0 spiro atoms. The third kappa shape index (κ3) is 3.03. The molecule has 0 atom stereocenters. The van der Waals surface area contributed by atoms with Gasteiger partial charge in [-0.15, -0.1) is 0 Å². The molecule has 2 N–H and O–H groups in total. The molecule has 5 heteroatoms. The average molecular weight is 254 g/mol. The Kier molecular flexibility index (Phi) is 5.19. The van der Waals surface area contributed by atoms with E-state index < -0.39 is 11.2 Å². The summed E-state index contributed by atoms with van der Waals surface area (Å²) in [6.45, 7) is 6.48. The fraction of sp³-hybridized carbons (Fsp3) is 0.692. The molecule has 0 unspecified atom stereocenters. The smallest absolute Gasteiger partial charge is 0.331 e. The van der Waals surface area contributed by atoms with Crippen LogP contribution in [0.25, 0.3) is 0 Å². The Hall–Kier alpha value is -1.52. The van der Waals surface area contributed by atoms with Crippen molar-refractivity contribution >= 4 is 0 Å². The maximum absolute atomic E-state index is 11.7. The Morgan fingerprint density at radius 3 is 2.33 bits per heavy atom. The average Bonchev–Trinajstić information content (AvgIpc) is 2.35. The fourth-order valence-electron chi connectivity index (χ4n) is 2.05. The number of nitrogens with zero attached hydrogens (tertiary/aromatic N) is 1. The van der Waals surface area contributed by atoms with Crippen LogP contribution in [0, 0.1) is 5.92 Å². The normalized spacial score (nSPS) is 11.1. The molecule has 1 aromatic rings. The van der Waals surface area contributed by atoms with Crippen LogP contribution in [0.2, 0.25) is 0 Å². The van der Waals surface area contributed by atoms with E-state index in [9.17, 15) is 14.7 Å². The lowest BCUT2D eigenvalue weighted by atomic mass is 10.0. The molecular weight excluding hydrogens is 232 g/mol. The van der Waals surface area contributed by atoms with Gasteiger partial charge < -0.3 is 5.11 Å². The van der Waals surface area contributed by atoms with E-state index in [1.165, 1.54) is 4.57 Å². The zero-order valence-electron chi connectivity index (χ0n) is 11.3. The van der Waals surface area contributed by atoms with Crippen molar-refractivity contribution in [3.05, 3.63) is 26.4 Å². The molecule has 0 aromatic carbocycles. The van der Waals surface area contributed by atoms with Gasteiger partial charge in [0, 0.05) is 6.54 Å². The van der Waals surface area contributed by atoms with Crippen molar-refractivity contribution in [2.75, 3.05) is 0 Å². The van der Waals surface area contributed by atoms with Gasteiger partial charge in [0.05, 0.1) is 5.56 Å². The van der Waals surface area contributed by atoms with Crippen molar-refractivity contribution in [2.24, 2.45) is 5.92 Å². The van der Waals surface area contributed by atoms with Gasteiger partial charge >= 0.3 is 5.69 Å². The van der Waals surface area contributed by atoms with Crippen molar-refractivity contribution < 1.29 is 5.11 Å². The molecule has 0 saturated heterocycles.